The second-order valence-electron chi connectivity index (χ2n) is 7.14. The monoisotopic (exact) mass is 275 g/mol. The van der Waals surface area contributed by atoms with Crippen molar-refractivity contribution in [2.75, 3.05) is 26.3 Å². The van der Waals surface area contributed by atoms with Gasteiger partial charge < -0.3 is 4.74 Å². The van der Waals surface area contributed by atoms with E-state index in [1.165, 1.54) is 19.4 Å². The van der Waals surface area contributed by atoms with Crippen LogP contribution >= 0.6 is 0 Å². The van der Waals surface area contributed by atoms with E-state index in [0.29, 0.717) is 11.8 Å². The topological polar surface area (TPSA) is 29.5 Å². The zero-order valence-electron chi connectivity index (χ0n) is 12.2. The molecule has 3 nitrogen and oxygen atoms in total. The summed E-state index contributed by atoms with van der Waals surface area (Å²) in [5.41, 5.74) is 0. The standard InChI is InChI=1S/C17H25NO2/c19-17-3-1-2-15(17)16-11-20-7-6-18(16)10-14-9-12-4-5-13(14)8-12/h4-5,12-16H,1-3,6-11H2/t12-,13-,14-,15+,16-/m0/s1. The highest BCUT2D eigenvalue weighted by atomic mass is 16.5. The predicted molar refractivity (Wildman–Crippen MR) is 77.4 cm³/mol. The van der Waals surface area contributed by atoms with Crippen molar-refractivity contribution in [3.05, 3.63) is 12.2 Å². The van der Waals surface area contributed by atoms with Gasteiger partial charge in [0.05, 0.1) is 13.2 Å². The summed E-state index contributed by atoms with van der Waals surface area (Å²) in [7, 11) is 0. The van der Waals surface area contributed by atoms with Crippen molar-refractivity contribution in [3.63, 3.8) is 0 Å². The second kappa shape index (κ2) is 5.27. The average molecular weight is 275 g/mol. The average Bonchev–Trinajstić information content (AvgIpc) is 3.16. The van der Waals surface area contributed by atoms with E-state index in [2.05, 4.69) is 17.1 Å². The van der Waals surface area contributed by atoms with E-state index in [9.17, 15) is 4.79 Å². The molecule has 0 amide bonds. The Labute approximate surface area is 121 Å². The molecule has 1 aliphatic heterocycles. The zero-order valence-corrected chi connectivity index (χ0v) is 12.2. The molecule has 5 atom stereocenters. The van der Waals surface area contributed by atoms with Crippen LogP contribution in [0.5, 0.6) is 0 Å². The van der Waals surface area contributed by atoms with Crippen LogP contribution in [-0.2, 0) is 9.53 Å². The molecule has 0 spiro atoms. The minimum Gasteiger partial charge on any atom is -0.378 e. The lowest BCUT2D eigenvalue weighted by Crippen LogP contribution is -2.52. The molecule has 2 bridgehead atoms. The van der Waals surface area contributed by atoms with Crippen molar-refractivity contribution in [2.24, 2.45) is 23.7 Å². The third kappa shape index (κ3) is 2.25. The van der Waals surface area contributed by atoms with Gasteiger partial charge in [-0.2, -0.15) is 0 Å². The van der Waals surface area contributed by atoms with Crippen LogP contribution in [0, 0.1) is 23.7 Å². The van der Waals surface area contributed by atoms with Crippen LogP contribution in [-0.4, -0.2) is 43.0 Å². The molecule has 20 heavy (non-hydrogen) atoms. The quantitative estimate of drug-likeness (QED) is 0.740. The fourth-order valence-corrected chi connectivity index (χ4v) is 4.91. The van der Waals surface area contributed by atoms with Gasteiger partial charge in [-0.05, 0) is 43.4 Å². The summed E-state index contributed by atoms with van der Waals surface area (Å²) >= 11 is 0. The number of morpholine rings is 1. The van der Waals surface area contributed by atoms with E-state index in [-0.39, 0.29) is 5.92 Å². The third-order valence-electron chi connectivity index (χ3n) is 5.98. The maximum atomic E-state index is 12.1. The number of carbonyl (C=O) groups excluding carboxylic acids is 1. The van der Waals surface area contributed by atoms with Crippen molar-refractivity contribution >= 4 is 5.78 Å². The Morgan fingerprint density at radius 3 is 2.95 bits per heavy atom. The maximum Gasteiger partial charge on any atom is 0.137 e. The number of rotatable bonds is 3. The van der Waals surface area contributed by atoms with Crippen LogP contribution in [0.25, 0.3) is 0 Å². The van der Waals surface area contributed by atoms with Gasteiger partial charge >= 0.3 is 0 Å². The van der Waals surface area contributed by atoms with Crippen molar-refractivity contribution in [1.29, 1.82) is 0 Å². The van der Waals surface area contributed by atoms with Gasteiger partial charge in [-0.15, -0.1) is 0 Å². The number of ketones is 1. The molecule has 0 radical (unpaired) electrons. The van der Waals surface area contributed by atoms with Gasteiger partial charge in [0.2, 0.25) is 0 Å². The molecule has 4 rings (SSSR count). The first-order chi connectivity index (χ1) is 9.81. The first kappa shape index (κ1) is 13.0. The van der Waals surface area contributed by atoms with Crippen molar-refractivity contribution in [3.8, 4) is 0 Å². The van der Waals surface area contributed by atoms with E-state index in [1.54, 1.807) is 0 Å². The largest absolute Gasteiger partial charge is 0.378 e. The Kier molecular flexibility index (Phi) is 3.43. The van der Waals surface area contributed by atoms with Crippen LogP contribution < -0.4 is 0 Å². The van der Waals surface area contributed by atoms with Crippen LogP contribution in [0.1, 0.15) is 32.1 Å². The Hall–Kier alpha value is -0.670. The number of nitrogens with zero attached hydrogens (tertiary/aromatic N) is 1. The normalized spacial score (nSPS) is 44.6. The summed E-state index contributed by atoms with van der Waals surface area (Å²) in [6.45, 7) is 3.82. The number of ether oxygens (including phenoxy) is 1. The lowest BCUT2D eigenvalue weighted by molar-refractivity contribution is -0.125. The number of fused-ring (bicyclic) bond motifs is 2. The number of allylic oxidation sites excluding steroid dienone is 2. The van der Waals surface area contributed by atoms with Crippen molar-refractivity contribution in [2.45, 2.75) is 38.1 Å². The highest BCUT2D eigenvalue weighted by Crippen LogP contribution is 2.44. The first-order valence-corrected chi connectivity index (χ1v) is 8.34. The first-order valence-electron chi connectivity index (χ1n) is 8.34. The molecule has 1 saturated heterocycles. The van der Waals surface area contributed by atoms with Crippen LogP contribution in [0.3, 0.4) is 0 Å². The summed E-state index contributed by atoms with van der Waals surface area (Å²) in [5.74, 6) is 3.21. The minimum atomic E-state index is 0.254. The van der Waals surface area contributed by atoms with E-state index < -0.39 is 0 Å². The summed E-state index contributed by atoms with van der Waals surface area (Å²) in [6.07, 6.45) is 10.6. The maximum absolute atomic E-state index is 12.1. The fourth-order valence-electron chi connectivity index (χ4n) is 4.91. The molecule has 0 aromatic carbocycles. The van der Waals surface area contributed by atoms with Crippen molar-refractivity contribution < 1.29 is 9.53 Å². The molecule has 0 N–H and O–H groups in total. The molecule has 2 saturated carbocycles. The van der Waals surface area contributed by atoms with Crippen LogP contribution in [0.2, 0.25) is 0 Å². The van der Waals surface area contributed by atoms with Crippen molar-refractivity contribution in [1.82, 2.24) is 4.90 Å². The number of carbonyl (C=O) groups is 1. The predicted octanol–water partition coefficient (Wildman–Crippen LogP) is 2.27. The Morgan fingerprint density at radius 1 is 1.30 bits per heavy atom. The smallest absolute Gasteiger partial charge is 0.137 e. The summed E-state index contributed by atoms with van der Waals surface area (Å²) in [6, 6.07) is 0.363. The Balaban J connectivity index is 1.44. The highest BCUT2D eigenvalue weighted by Gasteiger charge is 2.41. The van der Waals surface area contributed by atoms with Gasteiger partial charge in [-0.25, -0.2) is 0 Å². The van der Waals surface area contributed by atoms with E-state index in [4.69, 9.17) is 4.74 Å². The van der Waals surface area contributed by atoms with Gasteiger partial charge in [0.25, 0.3) is 0 Å². The lowest BCUT2D eigenvalue weighted by atomic mass is 9.90. The van der Waals surface area contributed by atoms with Gasteiger partial charge in [0, 0.05) is 31.5 Å². The van der Waals surface area contributed by atoms with E-state index >= 15 is 0 Å². The molecule has 1 heterocycles. The van der Waals surface area contributed by atoms with E-state index in [1.807, 2.05) is 0 Å². The molecular weight excluding hydrogens is 250 g/mol. The van der Waals surface area contributed by atoms with Crippen LogP contribution in [0.4, 0.5) is 0 Å². The summed E-state index contributed by atoms with van der Waals surface area (Å²) < 4.78 is 5.69. The summed E-state index contributed by atoms with van der Waals surface area (Å²) in [4.78, 5) is 14.7. The molecule has 110 valence electrons. The molecule has 4 aliphatic rings. The van der Waals surface area contributed by atoms with E-state index in [0.717, 1.165) is 56.8 Å². The molecule has 0 aromatic rings. The third-order valence-corrected chi connectivity index (χ3v) is 5.98. The number of Topliss-reactive ketones (excluding diaryl/α,β-unsaturated/α-hetero) is 1. The number of hydrogen-bond acceptors (Lipinski definition) is 3. The molecule has 0 aromatic heterocycles. The zero-order chi connectivity index (χ0) is 13.5. The Bertz CT molecular complexity index is 419. The number of hydrogen-bond donors (Lipinski definition) is 0. The minimum absolute atomic E-state index is 0.254. The van der Waals surface area contributed by atoms with Gasteiger partial charge in [-0.1, -0.05) is 12.2 Å². The molecule has 3 fully saturated rings. The lowest BCUT2D eigenvalue weighted by Gasteiger charge is -2.40. The molecule has 3 aliphatic carbocycles. The Morgan fingerprint density at radius 2 is 2.25 bits per heavy atom. The fraction of sp³-hybridized carbons (Fsp3) is 0.824. The molecule has 0 unspecified atom stereocenters. The van der Waals surface area contributed by atoms with Gasteiger partial charge in [-0.3, -0.25) is 9.69 Å². The van der Waals surface area contributed by atoms with Gasteiger partial charge in [0.1, 0.15) is 5.78 Å². The SMILES string of the molecule is O=C1CCC[C@@H]1[C@@H]1COCCN1C[C@@H]1C[C@H]2C=C[C@H]1C2. The summed E-state index contributed by atoms with van der Waals surface area (Å²) in [5, 5.41) is 0. The van der Waals surface area contributed by atoms with Gasteiger partial charge in [0.15, 0.2) is 0 Å². The molecule has 3 heteroatoms. The van der Waals surface area contributed by atoms with Crippen LogP contribution in [0.15, 0.2) is 12.2 Å². The second-order valence-corrected chi connectivity index (χ2v) is 7.14. The highest BCUT2D eigenvalue weighted by molar-refractivity contribution is 5.83. The molecular formula is C17H25NO2.